The number of rotatable bonds is 3. The number of halogens is 4. The highest BCUT2D eigenvalue weighted by molar-refractivity contribution is 6.30. The van der Waals surface area contributed by atoms with Gasteiger partial charge in [-0.1, -0.05) is 23.7 Å². The summed E-state index contributed by atoms with van der Waals surface area (Å²) in [6.45, 7) is 0. The molecule has 2 N–H and O–H groups in total. The van der Waals surface area contributed by atoms with Gasteiger partial charge in [0.05, 0.1) is 11.4 Å². The van der Waals surface area contributed by atoms with Crippen molar-refractivity contribution in [1.29, 1.82) is 0 Å². The largest absolute Gasteiger partial charge is 0.435 e. The number of amides is 1. The van der Waals surface area contributed by atoms with E-state index in [4.69, 9.17) is 17.3 Å². The molecule has 0 aliphatic heterocycles. The summed E-state index contributed by atoms with van der Waals surface area (Å²) in [4.78, 5) is 11.1. The Hall–Kier alpha value is -2.80. The molecule has 2 aromatic carbocycles. The van der Waals surface area contributed by atoms with Crippen LogP contribution in [0.2, 0.25) is 5.02 Å². The first kappa shape index (κ1) is 17.0. The molecule has 25 heavy (non-hydrogen) atoms. The summed E-state index contributed by atoms with van der Waals surface area (Å²) in [6.07, 6.45) is -4.58. The molecule has 4 nitrogen and oxygen atoms in total. The van der Waals surface area contributed by atoms with E-state index in [1.807, 2.05) is 0 Å². The highest BCUT2D eigenvalue weighted by Crippen LogP contribution is 2.33. The van der Waals surface area contributed by atoms with E-state index in [2.05, 4.69) is 5.10 Å². The van der Waals surface area contributed by atoms with Gasteiger partial charge in [0.25, 0.3) is 0 Å². The van der Waals surface area contributed by atoms with Crippen molar-refractivity contribution in [2.75, 3.05) is 0 Å². The third kappa shape index (κ3) is 3.51. The van der Waals surface area contributed by atoms with Gasteiger partial charge in [-0.25, -0.2) is 4.68 Å². The van der Waals surface area contributed by atoms with Gasteiger partial charge in [0.2, 0.25) is 5.91 Å². The van der Waals surface area contributed by atoms with Crippen LogP contribution in [0.4, 0.5) is 13.2 Å². The molecular formula is C17H11ClF3N3O. The molecule has 1 aromatic heterocycles. The SMILES string of the molecule is NC(=O)c1ccc(-n2nc(C(F)(F)F)cc2-c2ccc(Cl)cc2)cc1. The average Bonchev–Trinajstić information content (AvgIpc) is 3.01. The number of benzene rings is 2. The van der Waals surface area contributed by atoms with E-state index < -0.39 is 17.8 Å². The summed E-state index contributed by atoms with van der Waals surface area (Å²) in [5.74, 6) is -0.624. The predicted molar refractivity (Wildman–Crippen MR) is 87.5 cm³/mol. The predicted octanol–water partition coefficient (Wildman–Crippen LogP) is 4.31. The lowest BCUT2D eigenvalue weighted by molar-refractivity contribution is -0.141. The molecule has 0 atom stereocenters. The number of carbonyl (C=O) groups is 1. The van der Waals surface area contributed by atoms with Gasteiger partial charge in [-0.2, -0.15) is 18.3 Å². The fourth-order valence-electron chi connectivity index (χ4n) is 2.31. The van der Waals surface area contributed by atoms with Gasteiger partial charge in [0, 0.05) is 16.1 Å². The molecule has 128 valence electrons. The topological polar surface area (TPSA) is 60.9 Å². The van der Waals surface area contributed by atoms with E-state index in [0.29, 0.717) is 16.3 Å². The molecular weight excluding hydrogens is 355 g/mol. The third-order valence-electron chi connectivity index (χ3n) is 3.54. The van der Waals surface area contributed by atoms with Crippen LogP contribution in [0.3, 0.4) is 0 Å². The smallest absolute Gasteiger partial charge is 0.366 e. The Morgan fingerprint density at radius 1 is 1.04 bits per heavy atom. The van der Waals surface area contributed by atoms with Gasteiger partial charge < -0.3 is 5.73 Å². The van der Waals surface area contributed by atoms with Gasteiger partial charge in [0.1, 0.15) is 0 Å². The van der Waals surface area contributed by atoms with E-state index >= 15 is 0 Å². The van der Waals surface area contributed by atoms with E-state index in [9.17, 15) is 18.0 Å². The maximum Gasteiger partial charge on any atom is 0.435 e. The Morgan fingerprint density at radius 3 is 2.16 bits per heavy atom. The van der Waals surface area contributed by atoms with Gasteiger partial charge >= 0.3 is 6.18 Å². The summed E-state index contributed by atoms with van der Waals surface area (Å²) in [7, 11) is 0. The highest BCUT2D eigenvalue weighted by Gasteiger charge is 2.35. The summed E-state index contributed by atoms with van der Waals surface area (Å²) in [5.41, 5.74) is 5.54. The lowest BCUT2D eigenvalue weighted by atomic mass is 10.1. The second-order valence-corrected chi connectivity index (χ2v) is 5.68. The van der Waals surface area contributed by atoms with Crippen LogP contribution in [0.1, 0.15) is 16.1 Å². The van der Waals surface area contributed by atoms with Crippen molar-refractivity contribution < 1.29 is 18.0 Å². The fourth-order valence-corrected chi connectivity index (χ4v) is 2.44. The van der Waals surface area contributed by atoms with Crippen molar-refractivity contribution >= 4 is 17.5 Å². The number of aromatic nitrogens is 2. The fraction of sp³-hybridized carbons (Fsp3) is 0.0588. The average molecular weight is 366 g/mol. The molecule has 3 aromatic rings. The molecule has 0 aliphatic rings. The quantitative estimate of drug-likeness (QED) is 0.751. The van der Waals surface area contributed by atoms with Crippen molar-refractivity contribution in [3.05, 3.63) is 70.9 Å². The van der Waals surface area contributed by atoms with Gasteiger partial charge in [-0.3, -0.25) is 4.79 Å². The zero-order valence-corrected chi connectivity index (χ0v) is 13.3. The van der Waals surface area contributed by atoms with E-state index in [1.54, 1.807) is 24.3 Å². The lowest BCUT2D eigenvalue weighted by Crippen LogP contribution is -2.11. The number of nitrogens with zero attached hydrogens (tertiary/aromatic N) is 2. The maximum atomic E-state index is 13.1. The monoisotopic (exact) mass is 365 g/mol. The molecule has 0 fully saturated rings. The maximum absolute atomic E-state index is 13.1. The van der Waals surface area contributed by atoms with Crippen molar-refractivity contribution in [1.82, 2.24) is 9.78 Å². The molecule has 1 heterocycles. The number of carbonyl (C=O) groups excluding carboxylic acids is 1. The molecule has 0 unspecified atom stereocenters. The second kappa shape index (κ2) is 6.25. The van der Waals surface area contributed by atoms with Crippen LogP contribution in [0, 0.1) is 0 Å². The minimum absolute atomic E-state index is 0.246. The molecule has 0 aliphatic carbocycles. The van der Waals surface area contributed by atoms with Crippen molar-refractivity contribution in [3.8, 4) is 16.9 Å². The van der Waals surface area contributed by atoms with Crippen LogP contribution in [0.15, 0.2) is 54.6 Å². The standard InChI is InChI=1S/C17H11ClF3N3O/c18-12-5-1-10(2-6-12)14-9-15(17(19,20)21)23-24(14)13-7-3-11(4-8-13)16(22)25/h1-9H,(H2,22,25). The van der Waals surface area contributed by atoms with E-state index in [1.165, 1.54) is 24.3 Å². The van der Waals surface area contributed by atoms with Crippen molar-refractivity contribution in [2.24, 2.45) is 5.73 Å². The van der Waals surface area contributed by atoms with Gasteiger partial charge in [0.15, 0.2) is 5.69 Å². The molecule has 0 saturated carbocycles. The summed E-state index contributed by atoms with van der Waals surface area (Å²) < 4.78 is 40.4. The first-order chi connectivity index (χ1) is 11.8. The van der Waals surface area contributed by atoms with Crippen molar-refractivity contribution in [2.45, 2.75) is 6.18 Å². The van der Waals surface area contributed by atoms with Crippen LogP contribution < -0.4 is 5.73 Å². The van der Waals surface area contributed by atoms with Crippen LogP contribution in [-0.2, 0) is 6.18 Å². The Balaban J connectivity index is 2.15. The molecule has 0 saturated heterocycles. The summed E-state index contributed by atoms with van der Waals surface area (Å²) in [5, 5.41) is 4.14. The summed E-state index contributed by atoms with van der Waals surface area (Å²) >= 11 is 5.83. The minimum atomic E-state index is -4.58. The molecule has 1 amide bonds. The lowest BCUT2D eigenvalue weighted by Gasteiger charge is -2.08. The second-order valence-electron chi connectivity index (χ2n) is 5.24. The molecule has 0 spiro atoms. The van der Waals surface area contributed by atoms with Crippen LogP contribution in [0.25, 0.3) is 16.9 Å². The third-order valence-corrected chi connectivity index (χ3v) is 3.79. The first-order valence-electron chi connectivity index (χ1n) is 7.09. The number of hydrogen-bond acceptors (Lipinski definition) is 2. The summed E-state index contributed by atoms with van der Waals surface area (Å²) in [6, 6.07) is 13.2. The van der Waals surface area contributed by atoms with Crippen LogP contribution in [0.5, 0.6) is 0 Å². The van der Waals surface area contributed by atoms with Gasteiger partial charge in [-0.05, 0) is 42.5 Å². The normalized spacial score (nSPS) is 11.5. The molecule has 8 heteroatoms. The number of alkyl halides is 3. The number of nitrogens with two attached hydrogens (primary N) is 1. The Morgan fingerprint density at radius 2 is 1.64 bits per heavy atom. The number of primary amides is 1. The zero-order chi connectivity index (χ0) is 18.2. The Kier molecular flexibility index (Phi) is 4.26. The van der Waals surface area contributed by atoms with E-state index in [-0.39, 0.29) is 11.3 Å². The van der Waals surface area contributed by atoms with E-state index in [0.717, 1.165) is 10.7 Å². The van der Waals surface area contributed by atoms with Gasteiger partial charge in [-0.15, -0.1) is 0 Å². The molecule has 0 radical (unpaired) electrons. The van der Waals surface area contributed by atoms with Crippen LogP contribution >= 0.6 is 11.6 Å². The van der Waals surface area contributed by atoms with Crippen molar-refractivity contribution in [3.63, 3.8) is 0 Å². The molecule has 3 rings (SSSR count). The Bertz CT molecular complexity index is 916. The first-order valence-corrected chi connectivity index (χ1v) is 7.47. The highest BCUT2D eigenvalue weighted by atomic mass is 35.5. The minimum Gasteiger partial charge on any atom is -0.366 e. The number of hydrogen-bond donors (Lipinski definition) is 1. The zero-order valence-electron chi connectivity index (χ0n) is 12.6. The van der Waals surface area contributed by atoms with Crippen LogP contribution in [-0.4, -0.2) is 15.7 Å². The molecule has 0 bridgehead atoms. The Labute approximate surface area is 145 Å².